The number of morpholine rings is 1. The standard InChI is InChI=1S/C15H23NO/c1-12(2)15(4)10-16-14(3,11-17-15)13-8-6-5-7-9-13/h5-9,12,16H,10-11H2,1-4H3. The van der Waals surface area contributed by atoms with Crippen molar-refractivity contribution < 1.29 is 4.74 Å². The van der Waals surface area contributed by atoms with Gasteiger partial charge in [0.05, 0.1) is 17.7 Å². The van der Waals surface area contributed by atoms with E-state index in [2.05, 4.69) is 63.3 Å². The highest BCUT2D eigenvalue weighted by molar-refractivity contribution is 5.24. The Morgan fingerprint density at radius 3 is 2.29 bits per heavy atom. The number of rotatable bonds is 2. The quantitative estimate of drug-likeness (QED) is 0.848. The first-order chi connectivity index (χ1) is 7.96. The average molecular weight is 233 g/mol. The monoisotopic (exact) mass is 233 g/mol. The second-order valence-corrected chi connectivity index (χ2v) is 5.81. The van der Waals surface area contributed by atoms with Crippen molar-refractivity contribution in [3.63, 3.8) is 0 Å². The molecule has 2 heteroatoms. The Morgan fingerprint density at radius 2 is 1.82 bits per heavy atom. The van der Waals surface area contributed by atoms with Gasteiger partial charge in [-0.15, -0.1) is 0 Å². The van der Waals surface area contributed by atoms with Gasteiger partial charge in [-0.2, -0.15) is 0 Å². The molecule has 94 valence electrons. The van der Waals surface area contributed by atoms with Crippen molar-refractivity contribution in [2.24, 2.45) is 5.92 Å². The van der Waals surface area contributed by atoms with Gasteiger partial charge in [0.25, 0.3) is 0 Å². The molecular formula is C15H23NO. The molecule has 0 amide bonds. The van der Waals surface area contributed by atoms with Crippen molar-refractivity contribution in [3.05, 3.63) is 35.9 Å². The van der Waals surface area contributed by atoms with Crippen LogP contribution in [0, 0.1) is 5.92 Å². The summed E-state index contributed by atoms with van der Waals surface area (Å²) in [5.41, 5.74) is 1.19. The van der Waals surface area contributed by atoms with Crippen molar-refractivity contribution in [1.29, 1.82) is 0 Å². The van der Waals surface area contributed by atoms with Crippen LogP contribution in [0.1, 0.15) is 33.3 Å². The summed E-state index contributed by atoms with van der Waals surface area (Å²) in [4.78, 5) is 0. The first-order valence-electron chi connectivity index (χ1n) is 6.41. The zero-order valence-electron chi connectivity index (χ0n) is 11.3. The Hall–Kier alpha value is -0.860. The third kappa shape index (κ3) is 2.38. The molecule has 1 aliphatic heterocycles. The van der Waals surface area contributed by atoms with E-state index in [4.69, 9.17) is 4.74 Å². The highest BCUT2D eigenvalue weighted by Gasteiger charge is 2.40. The lowest BCUT2D eigenvalue weighted by molar-refractivity contribution is -0.120. The maximum Gasteiger partial charge on any atom is 0.0802 e. The van der Waals surface area contributed by atoms with E-state index < -0.39 is 0 Å². The van der Waals surface area contributed by atoms with E-state index in [1.807, 2.05) is 0 Å². The molecule has 0 spiro atoms. The van der Waals surface area contributed by atoms with Gasteiger partial charge in [-0.05, 0) is 25.3 Å². The summed E-state index contributed by atoms with van der Waals surface area (Å²) >= 11 is 0. The minimum atomic E-state index is -0.0599. The van der Waals surface area contributed by atoms with Crippen molar-refractivity contribution in [2.45, 2.75) is 38.8 Å². The van der Waals surface area contributed by atoms with Crippen LogP contribution in [0.2, 0.25) is 0 Å². The Bertz CT molecular complexity index is 364. The Labute approximate surface area is 104 Å². The first-order valence-corrected chi connectivity index (χ1v) is 6.41. The fourth-order valence-electron chi connectivity index (χ4n) is 2.14. The van der Waals surface area contributed by atoms with Crippen molar-refractivity contribution >= 4 is 0 Å². The van der Waals surface area contributed by atoms with E-state index in [0.29, 0.717) is 5.92 Å². The predicted molar refractivity (Wildman–Crippen MR) is 71.0 cm³/mol. The lowest BCUT2D eigenvalue weighted by Gasteiger charge is -2.46. The summed E-state index contributed by atoms with van der Waals surface area (Å²) in [7, 11) is 0. The topological polar surface area (TPSA) is 21.3 Å². The van der Waals surface area contributed by atoms with Crippen LogP contribution in [0.3, 0.4) is 0 Å². The number of benzene rings is 1. The van der Waals surface area contributed by atoms with Gasteiger partial charge >= 0.3 is 0 Å². The van der Waals surface area contributed by atoms with Crippen LogP contribution in [0.5, 0.6) is 0 Å². The van der Waals surface area contributed by atoms with Gasteiger partial charge in [-0.3, -0.25) is 0 Å². The fraction of sp³-hybridized carbons (Fsp3) is 0.600. The van der Waals surface area contributed by atoms with Crippen LogP contribution in [-0.2, 0) is 10.3 Å². The van der Waals surface area contributed by atoms with Crippen LogP contribution in [0.15, 0.2) is 30.3 Å². The van der Waals surface area contributed by atoms with Crippen LogP contribution in [0.25, 0.3) is 0 Å². The van der Waals surface area contributed by atoms with Gasteiger partial charge in [0.15, 0.2) is 0 Å². The average Bonchev–Trinajstić information content (AvgIpc) is 2.34. The second-order valence-electron chi connectivity index (χ2n) is 5.81. The summed E-state index contributed by atoms with van der Waals surface area (Å²) < 4.78 is 6.13. The molecule has 1 aromatic carbocycles. The zero-order chi connectivity index (χ0) is 12.5. The van der Waals surface area contributed by atoms with Crippen LogP contribution < -0.4 is 5.32 Å². The summed E-state index contributed by atoms with van der Waals surface area (Å²) in [5, 5.41) is 3.66. The SMILES string of the molecule is CC(C)C1(C)CNC(C)(c2ccccc2)CO1. The first kappa shape index (κ1) is 12.6. The Balaban J connectivity index is 2.13. The summed E-state index contributed by atoms with van der Waals surface area (Å²) in [6.45, 7) is 10.5. The van der Waals surface area contributed by atoms with E-state index >= 15 is 0 Å². The fourth-order valence-corrected chi connectivity index (χ4v) is 2.14. The molecule has 0 bridgehead atoms. The molecule has 1 N–H and O–H groups in total. The Morgan fingerprint density at radius 1 is 1.18 bits per heavy atom. The van der Waals surface area contributed by atoms with E-state index in [9.17, 15) is 0 Å². The molecule has 1 fully saturated rings. The lowest BCUT2D eigenvalue weighted by Crippen LogP contribution is -2.59. The summed E-state index contributed by atoms with van der Waals surface area (Å²) in [6, 6.07) is 10.5. The van der Waals surface area contributed by atoms with Crippen molar-refractivity contribution in [1.82, 2.24) is 5.32 Å². The summed E-state index contributed by atoms with van der Waals surface area (Å²) in [5.74, 6) is 0.523. The maximum absolute atomic E-state index is 6.13. The maximum atomic E-state index is 6.13. The van der Waals surface area contributed by atoms with Crippen molar-refractivity contribution in [2.75, 3.05) is 13.2 Å². The van der Waals surface area contributed by atoms with E-state index in [0.717, 1.165) is 13.2 Å². The zero-order valence-corrected chi connectivity index (χ0v) is 11.3. The van der Waals surface area contributed by atoms with Crippen LogP contribution in [0.4, 0.5) is 0 Å². The third-order valence-electron chi connectivity index (χ3n) is 4.15. The minimum Gasteiger partial charge on any atom is -0.371 e. The molecule has 2 nitrogen and oxygen atoms in total. The molecule has 1 saturated heterocycles. The molecule has 1 aliphatic rings. The highest BCUT2D eigenvalue weighted by atomic mass is 16.5. The minimum absolute atomic E-state index is 0.0473. The van der Waals surface area contributed by atoms with E-state index in [1.54, 1.807) is 0 Å². The summed E-state index contributed by atoms with van der Waals surface area (Å²) in [6.07, 6.45) is 0. The predicted octanol–water partition coefficient (Wildman–Crippen LogP) is 2.94. The Kier molecular flexibility index (Phi) is 3.28. The highest BCUT2D eigenvalue weighted by Crippen LogP contribution is 2.31. The number of hydrogen-bond acceptors (Lipinski definition) is 2. The molecular weight excluding hydrogens is 210 g/mol. The smallest absolute Gasteiger partial charge is 0.0802 e. The van der Waals surface area contributed by atoms with Crippen LogP contribution in [-0.4, -0.2) is 18.8 Å². The molecule has 0 aliphatic carbocycles. The largest absolute Gasteiger partial charge is 0.371 e. The van der Waals surface area contributed by atoms with E-state index in [1.165, 1.54) is 5.56 Å². The molecule has 0 aromatic heterocycles. The number of ether oxygens (including phenoxy) is 1. The van der Waals surface area contributed by atoms with Gasteiger partial charge in [0.2, 0.25) is 0 Å². The molecule has 0 radical (unpaired) electrons. The van der Waals surface area contributed by atoms with Gasteiger partial charge in [0, 0.05) is 6.54 Å². The molecule has 2 rings (SSSR count). The third-order valence-corrected chi connectivity index (χ3v) is 4.15. The van der Waals surface area contributed by atoms with E-state index in [-0.39, 0.29) is 11.1 Å². The van der Waals surface area contributed by atoms with Gasteiger partial charge in [-0.1, -0.05) is 44.2 Å². The second kappa shape index (κ2) is 4.43. The molecule has 2 unspecified atom stereocenters. The molecule has 1 heterocycles. The molecule has 1 aromatic rings. The van der Waals surface area contributed by atoms with Gasteiger partial charge < -0.3 is 10.1 Å². The number of nitrogens with one attached hydrogen (secondary N) is 1. The molecule has 2 atom stereocenters. The van der Waals surface area contributed by atoms with Gasteiger partial charge in [0.1, 0.15) is 0 Å². The molecule has 0 saturated carbocycles. The van der Waals surface area contributed by atoms with Crippen molar-refractivity contribution in [3.8, 4) is 0 Å². The lowest BCUT2D eigenvalue weighted by atomic mass is 9.85. The number of hydrogen-bond donors (Lipinski definition) is 1. The van der Waals surface area contributed by atoms with Gasteiger partial charge in [-0.25, -0.2) is 0 Å². The normalized spacial score (nSPS) is 33.9. The molecule has 17 heavy (non-hydrogen) atoms. The van der Waals surface area contributed by atoms with Crippen LogP contribution >= 0.6 is 0 Å².